The number of nitrogens with one attached hydrogen (secondary N) is 1. The highest BCUT2D eigenvalue weighted by molar-refractivity contribution is 5.72. The quantitative estimate of drug-likeness (QED) is 0.362. The van der Waals surface area contributed by atoms with Gasteiger partial charge in [0, 0.05) is 19.7 Å². The van der Waals surface area contributed by atoms with Gasteiger partial charge in [0.1, 0.15) is 0 Å². The molecule has 1 saturated heterocycles. The van der Waals surface area contributed by atoms with Gasteiger partial charge in [-0.25, -0.2) is 0 Å². The second kappa shape index (κ2) is 12.4. The lowest BCUT2D eigenvalue weighted by Crippen LogP contribution is -2.37. The average Bonchev–Trinajstić information content (AvgIpc) is 2.83. The Morgan fingerprint density at radius 1 is 1.00 bits per heavy atom. The Labute approximate surface area is 200 Å². The van der Waals surface area contributed by atoms with Crippen molar-refractivity contribution in [1.29, 1.82) is 0 Å². The van der Waals surface area contributed by atoms with Crippen LogP contribution in [-0.4, -0.2) is 26.2 Å². The highest BCUT2D eigenvalue weighted by Crippen LogP contribution is 2.37. The topological polar surface area (TPSA) is 47.6 Å². The number of carbonyl (C=O) groups excluding carboxylic acids is 1. The molecule has 194 valence electrons. The zero-order valence-corrected chi connectivity index (χ0v) is 19.7. The molecule has 0 aliphatic carbocycles. The minimum atomic E-state index is -4.83. The number of piperidine rings is 1. The van der Waals surface area contributed by atoms with Crippen molar-refractivity contribution in [1.82, 2.24) is 5.32 Å². The van der Waals surface area contributed by atoms with Crippen molar-refractivity contribution in [2.24, 2.45) is 5.92 Å². The molecule has 1 unspecified atom stereocenters. The van der Waals surface area contributed by atoms with E-state index < -0.39 is 29.6 Å². The molecule has 3 rings (SSSR count). The lowest BCUT2D eigenvalue weighted by molar-refractivity contribution is -0.149. The molecule has 3 atom stereocenters. The molecule has 1 aliphatic heterocycles. The maximum atomic E-state index is 12.5. The molecule has 2 aromatic rings. The summed E-state index contributed by atoms with van der Waals surface area (Å²) in [7, 11) is 1.21. The Hall–Kier alpha value is -2.59. The van der Waals surface area contributed by atoms with E-state index in [1.54, 1.807) is 0 Å². The highest BCUT2D eigenvalue weighted by Gasteiger charge is 2.37. The van der Waals surface area contributed by atoms with Crippen molar-refractivity contribution in [3.63, 3.8) is 0 Å². The van der Waals surface area contributed by atoms with Crippen molar-refractivity contribution in [3.05, 3.63) is 70.8 Å². The third-order valence-corrected chi connectivity index (χ3v) is 5.67. The highest BCUT2D eigenvalue weighted by atomic mass is 19.4. The Morgan fingerprint density at radius 2 is 1.57 bits per heavy atom. The second-order valence-corrected chi connectivity index (χ2v) is 8.11. The van der Waals surface area contributed by atoms with Gasteiger partial charge in [0.25, 0.3) is 0 Å². The predicted molar refractivity (Wildman–Crippen MR) is 118 cm³/mol. The standard InChI is InChI=1S/C14H19NO2.C11H10F6O/c1-2-17-14(16)12-8-9-13(15-10-12)11-6-4-3-5-7-11;1-6(18-2)7-3-8(10(12,13)14)5-9(4-7)11(15,16)17/h3-7,12-13,15H,2,8-10H2,1H3;3-6H,1-2H3/t12?,13-;6-/m01/s1. The Kier molecular flexibility index (Phi) is 10.1. The molecule has 0 aromatic heterocycles. The molecule has 1 heterocycles. The van der Waals surface area contributed by atoms with Gasteiger partial charge >= 0.3 is 18.3 Å². The van der Waals surface area contributed by atoms with Gasteiger partial charge in [-0.15, -0.1) is 0 Å². The molecular formula is C25H29F6NO3. The number of esters is 1. The number of benzene rings is 2. The summed E-state index contributed by atoms with van der Waals surface area (Å²) in [5.74, 6) is -0.0403. The molecule has 0 amide bonds. The number of carbonyl (C=O) groups is 1. The van der Waals surface area contributed by atoms with Gasteiger partial charge in [-0.05, 0) is 56.0 Å². The Morgan fingerprint density at radius 3 is 2.00 bits per heavy atom. The van der Waals surface area contributed by atoms with E-state index in [2.05, 4.69) is 29.6 Å². The average molecular weight is 505 g/mol. The van der Waals surface area contributed by atoms with Gasteiger partial charge in [0.2, 0.25) is 0 Å². The first kappa shape index (κ1) is 28.6. The van der Waals surface area contributed by atoms with Gasteiger partial charge in [-0.2, -0.15) is 26.3 Å². The number of hydrogen-bond donors (Lipinski definition) is 1. The fraction of sp³-hybridized carbons (Fsp3) is 0.480. The van der Waals surface area contributed by atoms with Gasteiger partial charge in [-0.3, -0.25) is 4.79 Å². The van der Waals surface area contributed by atoms with Crippen LogP contribution in [0.2, 0.25) is 0 Å². The first-order chi connectivity index (χ1) is 16.4. The van der Waals surface area contributed by atoms with Crippen molar-refractivity contribution < 1.29 is 40.6 Å². The van der Waals surface area contributed by atoms with E-state index in [1.807, 2.05) is 13.0 Å². The summed E-state index contributed by atoms with van der Waals surface area (Å²) in [5.41, 5.74) is -1.54. The third kappa shape index (κ3) is 8.54. The molecule has 4 nitrogen and oxygen atoms in total. The van der Waals surface area contributed by atoms with E-state index in [-0.39, 0.29) is 23.5 Å². The van der Waals surface area contributed by atoms with Gasteiger partial charge in [0.05, 0.1) is 29.8 Å². The summed E-state index contributed by atoms with van der Waals surface area (Å²) >= 11 is 0. The molecule has 0 bridgehead atoms. The first-order valence-electron chi connectivity index (χ1n) is 11.1. The molecule has 10 heteroatoms. The van der Waals surface area contributed by atoms with Crippen LogP contribution < -0.4 is 5.32 Å². The van der Waals surface area contributed by atoms with Crippen LogP contribution in [0, 0.1) is 5.92 Å². The van der Waals surface area contributed by atoms with E-state index in [9.17, 15) is 31.1 Å². The number of methoxy groups -OCH3 is 1. The van der Waals surface area contributed by atoms with Crippen LogP contribution in [0.5, 0.6) is 0 Å². The number of halogens is 6. The van der Waals surface area contributed by atoms with E-state index in [4.69, 9.17) is 9.47 Å². The number of alkyl halides is 6. The molecule has 0 spiro atoms. The molecule has 1 N–H and O–H groups in total. The molecule has 35 heavy (non-hydrogen) atoms. The third-order valence-electron chi connectivity index (χ3n) is 5.67. The van der Waals surface area contributed by atoms with Crippen LogP contribution in [0.15, 0.2) is 48.5 Å². The summed E-state index contributed by atoms with van der Waals surface area (Å²) < 4.78 is 84.8. The van der Waals surface area contributed by atoms with Crippen molar-refractivity contribution in [2.75, 3.05) is 20.3 Å². The van der Waals surface area contributed by atoms with Crippen LogP contribution in [0.25, 0.3) is 0 Å². The van der Waals surface area contributed by atoms with Gasteiger partial charge < -0.3 is 14.8 Å². The summed E-state index contributed by atoms with van der Waals surface area (Å²) in [5, 5.41) is 3.42. The van der Waals surface area contributed by atoms with Crippen molar-refractivity contribution in [3.8, 4) is 0 Å². The van der Waals surface area contributed by atoms with Crippen LogP contribution in [-0.2, 0) is 26.6 Å². The number of hydrogen-bond acceptors (Lipinski definition) is 4. The zero-order valence-electron chi connectivity index (χ0n) is 19.7. The van der Waals surface area contributed by atoms with Crippen molar-refractivity contribution in [2.45, 2.75) is 51.2 Å². The Bertz CT molecular complexity index is 906. The van der Waals surface area contributed by atoms with E-state index in [1.165, 1.54) is 19.6 Å². The van der Waals surface area contributed by atoms with E-state index in [0.29, 0.717) is 24.8 Å². The maximum Gasteiger partial charge on any atom is 0.416 e. The molecular weight excluding hydrogens is 476 g/mol. The van der Waals surface area contributed by atoms with Crippen LogP contribution in [0.1, 0.15) is 61.1 Å². The molecule has 0 saturated carbocycles. The summed E-state index contributed by atoms with van der Waals surface area (Å²) in [6.07, 6.45) is -8.61. The number of ether oxygens (including phenoxy) is 2. The SMILES string of the molecule is CCOC(=O)C1CC[C@@H](c2ccccc2)NC1.CO[C@H](C)c1cc(C(F)(F)F)cc(C(F)(F)F)c1. The lowest BCUT2D eigenvalue weighted by atomic mass is 9.91. The smallest absolute Gasteiger partial charge is 0.416 e. The fourth-order valence-corrected chi connectivity index (χ4v) is 3.64. The molecule has 0 radical (unpaired) electrons. The van der Waals surface area contributed by atoms with Crippen molar-refractivity contribution >= 4 is 5.97 Å². The van der Waals surface area contributed by atoms with Gasteiger partial charge in [-0.1, -0.05) is 30.3 Å². The van der Waals surface area contributed by atoms with Crippen LogP contribution >= 0.6 is 0 Å². The second-order valence-electron chi connectivity index (χ2n) is 8.11. The zero-order chi connectivity index (χ0) is 26.2. The molecule has 1 aliphatic rings. The maximum absolute atomic E-state index is 12.5. The Balaban J connectivity index is 0.000000247. The number of rotatable bonds is 5. The largest absolute Gasteiger partial charge is 0.466 e. The summed E-state index contributed by atoms with van der Waals surface area (Å²) in [6, 6.07) is 12.2. The minimum Gasteiger partial charge on any atom is -0.466 e. The van der Waals surface area contributed by atoms with E-state index >= 15 is 0 Å². The first-order valence-corrected chi connectivity index (χ1v) is 11.1. The fourth-order valence-electron chi connectivity index (χ4n) is 3.64. The molecule has 2 aromatic carbocycles. The van der Waals surface area contributed by atoms with Crippen LogP contribution in [0.4, 0.5) is 26.3 Å². The van der Waals surface area contributed by atoms with Crippen LogP contribution in [0.3, 0.4) is 0 Å². The normalized spacial score (nSPS) is 19.3. The van der Waals surface area contributed by atoms with Gasteiger partial charge in [0.15, 0.2) is 0 Å². The molecule has 1 fully saturated rings. The minimum absolute atomic E-state index is 0.0231. The summed E-state index contributed by atoms with van der Waals surface area (Å²) in [4.78, 5) is 11.6. The summed E-state index contributed by atoms with van der Waals surface area (Å²) in [6.45, 7) is 4.41. The van der Waals surface area contributed by atoms with E-state index in [0.717, 1.165) is 19.4 Å². The monoisotopic (exact) mass is 505 g/mol. The lowest BCUT2D eigenvalue weighted by Gasteiger charge is -2.28. The predicted octanol–water partition coefficient (Wildman–Crippen LogP) is 6.72.